The molecule has 1 aromatic rings. The minimum absolute atomic E-state index is 0.164. The van der Waals surface area contributed by atoms with Gasteiger partial charge in [-0.15, -0.1) is 0 Å². The van der Waals surface area contributed by atoms with Gasteiger partial charge in [0.15, 0.2) is 0 Å². The Morgan fingerprint density at radius 1 is 1.30 bits per heavy atom. The lowest BCUT2D eigenvalue weighted by atomic mass is 9.86. The average molecular weight is 279 g/mol. The van der Waals surface area contributed by atoms with Crippen LogP contribution >= 0.6 is 0 Å². The Kier molecular flexibility index (Phi) is 5.41. The lowest BCUT2D eigenvalue weighted by Crippen LogP contribution is -2.25. The number of nitrogens with one attached hydrogen (secondary N) is 1. The molecule has 1 fully saturated rings. The van der Waals surface area contributed by atoms with E-state index in [2.05, 4.69) is 19.2 Å². The van der Waals surface area contributed by atoms with Crippen molar-refractivity contribution < 1.29 is 9.13 Å². The normalized spacial score (nSPS) is 24.4. The molecule has 20 heavy (non-hydrogen) atoms. The number of ether oxygens (including phenoxy) is 1. The van der Waals surface area contributed by atoms with Crippen molar-refractivity contribution >= 4 is 0 Å². The first kappa shape index (κ1) is 15.3. The van der Waals surface area contributed by atoms with Crippen LogP contribution in [-0.2, 0) is 0 Å². The van der Waals surface area contributed by atoms with Crippen LogP contribution in [-0.4, -0.2) is 13.2 Å². The summed E-state index contributed by atoms with van der Waals surface area (Å²) in [6.45, 7) is 4.32. The molecule has 1 N–H and O–H groups in total. The molecule has 1 aliphatic carbocycles. The van der Waals surface area contributed by atoms with E-state index < -0.39 is 0 Å². The van der Waals surface area contributed by atoms with Crippen LogP contribution in [0.4, 0.5) is 4.39 Å². The van der Waals surface area contributed by atoms with E-state index in [9.17, 15) is 4.39 Å². The minimum Gasteiger partial charge on any atom is -0.490 e. The molecule has 0 aromatic heterocycles. The van der Waals surface area contributed by atoms with E-state index in [4.69, 9.17) is 4.74 Å². The first-order chi connectivity index (χ1) is 9.63. The number of benzene rings is 1. The Hall–Kier alpha value is -1.09. The molecular formula is C17H26FNO. The van der Waals surface area contributed by atoms with Gasteiger partial charge >= 0.3 is 0 Å². The van der Waals surface area contributed by atoms with Crippen LogP contribution in [0, 0.1) is 11.7 Å². The Morgan fingerprint density at radius 3 is 2.60 bits per heavy atom. The first-order valence-electron chi connectivity index (χ1n) is 7.77. The molecule has 112 valence electrons. The number of hydrogen-bond acceptors (Lipinski definition) is 2. The third-order valence-electron chi connectivity index (χ3n) is 4.54. The maximum absolute atomic E-state index is 13.5. The molecule has 1 atom stereocenters. The largest absolute Gasteiger partial charge is 0.490 e. The maximum Gasteiger partial charge on any atom is 0.127 e. The van der Waals surface area contributed by atoms with Gasteiger partial charge in [0.1, 0.15) is 11.6 Å². The molecule has 0 aliphatic heterocycles. The molecule has 2 rings (SSSR count). The van der Waals surface area contributed by atoms with Gasteiger partial charge in [-0.2, -0.15) is 0 Å². The highest BCUT2D eigenvalue weighted by Crippen LogP contribution is 2.32. The van der Waals surface area contributed by atoms with Crippen LogP contribution < -0.4 is 10.1 Å². The molecule has 0 spiro atoms. The maximum atomic E-state index is 13.5. The van der Waals surface area contributed by atoms with Crippen LogP contribution in [0.25, 0.3) is 0 Å². The topological polar surface area (TPSA) is 21.3 Å². The second-order valence-corrected chi connectivity index (χ2v) is 5.86. The van der Waals surface area contributed by atoms with Crippen LogP contribution in [0.3, 0.4) is 0 Å². The molecule has 1 saturated carbocycles. The monoisotopic (exact) mass is 279 g/mol. The first-order valence-corrected chi connectivity index (χ1v) is 7.77. The average Bonchev–Trinajstić information content (AvgIpc) is 2.47. The zero-order chi connectivity index (χ0) is 14.5. The molecule has 0 bridgehead atoms. The predicted molar refractivity (Wildman–Crippen MR) is 80.5 cm³/mol. The van der Waals surface area contributed by atoms with Crippen molar-refractivity contribution in [1.82, 2.24) is 5.32 Å². The quantitative estimate of drug-likeness (QED) is 0.859. The smallest absolute Gasteiger partial charge is 0.127 e. The molecule has 1 aliphatic rings. The van der Waals surface area contributed by atoms with Crippen molar-refractivity contribution in [3.63, 3.8) is 0 Å². The highest BCUT2D eigenvalue weighted by Gasteiger charge is 2.22. The van der Waals surface area contributed by atoms with Gasteiger partial charge in [0.25, 0.3) is 0 Å². The standard InChI is InChI=1S/C17H26FNO/c1-4-13-5-8-15(9-6-13)20-17-11-14(18)7-10-16(17)12(2)19-3/h7,10-13,15,19H,4-6,8-9H2,1-3H3. The van der Waals surface area contributed by atoms with Gasteiger partial charge in [-0.05, 0) is 51.6 Å². The summed E-state index contributed by atoms with van der Waals surface area (Å²) in [6.07, 6.45) is 6.13. The Morgan fingerprint density at radius 2 is 2.00 bits per heavy atom. The van der Waals surface area contributed by atoms with Crippen molar-refractivity contribution in [2.24, 2.45) is 5.92 Å². The summed E-state index contributed by atoms with van der Waals surface area (Å²) < 4.78 is 19.6. The molecule has 0 amide bonds. The van der Waals surface area contributed by atoms with Crippen molar-refractivity contribution in [3.05, 3.63) is 29.6 Å². The summed E-state index contributed by atoms with van der Waals surface area (Å²) in [6, 6.07) is 5.01. The second kappa shape index (κ2) is 7.07. The Bertz CT molecular complexity index is 427. The number of hydrogen-bond donors (Lipinski definition) is 1. The van der Waals surface area contributed by atoms with E-state index in [1.54, 1.807) is 0 Å². The molecule has 3 heteroatoms. The second-order valence-electron chi connectivity index (χ2n) is 5.86. The minimum atomic E-state index is -0.228. The van der Waals surface area contributed by atoms with Gasteiger partial charge in [0, 0.05) is 17.7 Å². The summed E-state index contributed by atoms with van der Waals surface area (Å²) in [5.41, 5.74) is 1.03. The number of halogens is 1. The van der Waals surface area contributed by atoms with Gasteiger partial charge in [-0.25, -0.2) is 4.39 Å². The van der Waals surface area contributed by atoms with E-state index in [0.717, 1.165) is 24.3 Å². The summed E-state index contributed by atoms with van der Waals surface area (Å²) >= 11 is 0. The van der Waals surface area contributed by atoms with Crippen molar-refractivity contribution in [3.8, 4) is 5.75 Å². The fourth-order valence-corrected chi connectivity index (χ4v) is 2.96. The van der Waals surface area contributed by atoms with E-state index >= 15 is 0 Å². The fraction of sp³-hybridized carbons (Fsp3) is 0.647. The summed E-state index contributed by atoms with van der Waals surface area (Å²) in [5, 5.41) is 3.19. The fourth-order valence-electron chi connectivity index (χ4n) is 2.96. The van der Waals surface area contributed by atoms with E-state index in [0.29, 0.717) is 5.75 Å². The van der Waals surface area contributed by atoms with Crippen molar-refractivity contribution in [2.45, 2.75) is 58.1 Å². The lowest BCUT2D eigenvalue weighted by Gasteiger charge is -2.29. The molecule has 1 aromatic carbocycles. The Balaban J connectivity index is 2.06. The van der Waals surface area contributed by atoms with E-state index in [-0.39, 0.29) is 18.0 Å². The third kappa shape index (κ3) is 3.72. The Labute approximate surface area is 121 Å². The van der Waals surface area contributed by atoms with Crippen LogP contribution in [0.1, 0.15) is 57.6 Å². The highest BCUT2D eigenvalue weighted by molar-refractivity contribution is 5.36. The number of rotatable bonds is 5. The van der Waals surface area contributed by atoms with Gasteiger partial charge in [-0.3, -0.25) is 0 Å². The lowest BCUT2D eigenvalue weighted by molar-refractivity contribution is 0.128. The summed E-state index contributed by atoms with van der Waals surface area (Å²) in [7, 11) is 1.91. The van der Waals surface area contributed by atoms with Gasteiger partial charge in [0.05, 0.1) is 6.10 Å². The van der Waals surface area contributed by atoms with Crippen LogP contribution in [0.2, 0.25) is 0 Å². The van der Waals surface area contributed by atoms with Crippen molar-refractivity contribution in [2.75, 3.05) is 7.05 Å². The zero-order valence-electron chi connectivity index (χ0n) is 12.8. The van der Waals surface area contributed by atoms with Crippen molar-refractivity contribution in [1.29, 1.82) is 0 Å². The zero-order valence-corrected chi connectivity index (χ0v) is 12.8. The van der Waals surface area contributed by atoms with E-state index in [1.165, 1.54) is 31.4 Å². The molecule has 2 nitrogen and oxygen atoms in total. The van der Waals surface area contributed by atoms with Gasteiger partial charge < -0.3 is 10.1 Å². The van der Waals surface area contributed by atoms with Crippen LogP contribution in [0.15, 0.2) is 18.2 Å². The van der Waals surface area contributed by atoms with Gasteiger partial charge in [0.2, 0.25) is 0 Å². The molecular weight excluding hydrogens is 253 g/mol. The molecule has 1 unspecified atom stereocenters. The molecule has 0 saturated heterocycles. The molecule has 0 radical (unpaired) electrons. The SMILES string of the molecule is CCC1CCC(Oc2cc(F)ccc2C(C)NC)CC1. The van der Waals surface area contributed by atoms with E-state index in [1.807, 2.05) is 13.1 Å². The highest BCUT2D eigenvalue weighted by atomic mass is 19.1. The third-order valence-corrected chi connectivity index (χ3v) is 4.54. The summed E-state index contributed by atoms with van der Waals surface area (Å²) in [4.78, 5) is 0. The predicted octanol–water partition coefficient (Wildman–Crippen LogP) is 4.45. The van der Waals surface area contributed by atoms with Gasteiger partial charge in [-0.1, -0.05) is 19.4 Å². The molecule has 0 heterocycles. The summed E-state index contributed by atoms with van der Waals surface area (Å²) in [5.74, 6) is 1.32. The van der Waals surface area contributed by atoms with Crippen LogP contribution in [0.5, 0.6) is 5.75 Å².